The number of hydrogen-bond donors (Lipinski definition) is 3. The van der Waals surface area contributed by atoms with Crippen LogP contribution in [0.2, 0.25) is 5.15 Å². The minimum Gasteiger partial charge on any atom is -0.381 e. The molecule has 0 aliphatic heterocycles. The van der Waals surface area contributed by atoms with Crippen LogP contribution in [-0.2, 0) is 20.8 Å². The van der Waals surface area contributed by atoms with E-state index in [9.17, 15) is 36.3 Å². The smallest absolute Gasteiger partial charge is 0.381 e. The Bertz CT molecular complexity index is 1090. The highest BCUT2D eigenvalue weighted by Gasteiger charge is 2.35. The summed E-state index contributed by atoms with van der Waals surface area (Å²) in [5.74, 6) is -2.02. The zero-order valence-electron chi connectivity index (χ0n) is 14.7. The molecule has 0 fully saturated rings. The molecule has 158 valence electrons. The van der Waals surface area contributed by atoms with E-state index in [4.69, 9.17) is 17.3 Å². The van der Waals surface area contributed by atoms with Crippen molar-refractivity contribution >= 4 is 49.6 Å². The highest BCUT2D eigenvalue weighted by molar-refractivity contribution is 7.93. The summed E-state index contributed by atoms with van der Waals surface area (Å²) in [6.45, 7) is 2.32. The Hall–Kier alpha value is -2.22. The van der Waals surface area contributed by atoms with Crippen LogP contribution in [0.3, 0.4) is 0 Å². The van der Waals surface area contributed by atoms with Gasteiger partial charge in [-0.3, -0.25) is 9.59 Å². The maximum Gasteiger partial charge on any atom is 0.419 e. The molecule has 0 saturated carbocycles. The van der Waals surface area contributed by atoms with Crippen molar-refractivity contribution < 1.29 is 36.3 Å². The first-order valence-electron chi connectivity index (χ1n) is 7.51. The Morgan fingerprint density at radius 3 is 2.31 bits per heavy atom. The number of halogens is 4. The van der Waals surface area contributed by atoms with Crippen LogP contribution in [0.5, 0.6) is 0 Å². The number of nitrogens with two attached hydrogens (primary N) is 1. The van der Waals surface area contributed by atoms with E-state index in [1.165, 1.54) is 0 Å². The molecule has 2 aromatic heterocycles. The normalized spacial score (nSPS) is 12.7. The van der Waals surface area contributed by atoms with Gasteiger partial charge in [0.1, 0.15) is 20.0 Å². The molecule has 0 saturated heterocycles. The van der Waals surface area contributed by atoms with Gasteiger partial charge in [0.25, 0.3) is 11.8 Å². The summed E-state index contributed by atoms with van der Waals surface area (Å²) in [6, 6.07) is 1.92. The second-order valence-electron chi connectivity index (χ2n) is 6.17. The number of carbonyl (C=O) groups excluding carboxylic acids is 2. The Balaban J connectivity index is 2.53. The Morgan fingerprint density at radius 2 is 1.86 bits per heavy atom. The topological polar surface area (TPSA) is 139 Å². The van der Waals surface area contributed by atoms with E-state index >= 15 is 0 Å². The Labute approximate surface area is 171 Å². The standard InChI is InChI=1S/C15H13ClF3N3O5S2/c1-14(2,25)13(24)22-12-6(11(20)23)5-9(28-12)29(26,27)8-4-3-7(10(16)21-8)15(17,18)19/h3-5,25H,1-2H3,(H2,20,23)(H,22,24). The molecule has 29 heavy (non-hydrogen) atoms. The number of aliphatic hydroxyl groups is 1. The number of thiophene rings is 1. The fourth-order valence-corrected chi connectivity index (χ4v) is 4.90. The van der Waals surface area contributed by atoms with Crippen LogP contribution in [0.1, 0.15) is 29.8 Å². The molecule has 0 spiro atoms. The molecule has 0 aliphatic rings. The average Bonchev–Trinajstić information content (AvgIpc) is 2.97. The van der Waals surface area contributed by atoms with E-state index in [1.807, 2.05) is 0 Å². The number of alkyl halides is 3. The molecule has 14 heteroatoms. The summed E-state index contributed by atoms with van der Waals surface area (Å²) in [5.41, 5.74) is 1.65. The van der Waals surface area contributed by atoms with Crippen molar-refractivity contribution in [3.05, 3.63) is 34.5 Å². The molecule has 2 heterocycles. The summed E-state index contributed by atoms with van der Waals surface area (Å²) >= 11 is 5.87. The Kier molecular flexibility index (Phi) is 6.01. The summed E-state index contributed by atoms with van der Waals surface area (Å²) in [5, 5.41) is 9.74. The quantitative estimate of drug-likeness (QED) is 0.572. The summed E-state index contributed by atoms with van der Waals surface area (Å²) in [6.07, 6.45) is -4.83. The number of nitrogens with one attached hydrogen (secondary N) is 1. The van der Waals surface area contributed by atoms with Gasteiger partial charge < -0.3 is 16.2 Å². The number of pyridine rings is 1. The van der Waals surface area contributed by atoms with E-state index in [-0.39, 0.29) is 10.6 Å². The predicted octanol–water partition coefficient (Wildman–Crippen LogP) is 2.46. The van der Waals surface area contributed by atoms with Crippen LogP contribution in [0, 0.1) is 0 Å². The van der Waals surface area contributed by atoms with Crippen LogP contribution >= 0.6 is 22.9 Å². The van der Waals surface area contributed by atoms with E-state index in [0.717, 1.165) is 19.9 Å². The molecule has 0 unspecified atom stereocenters. The first-order valence-corrected chi connectivity index (χ1v) is 10.2. The molecule has 0 bridgehead atoms. The number of primary amides is 1. The fraction of sp³-hybridized carbons (Fsp3) is 0.267. The zero-order valence-corrected chi connectivity index (χ0v) is 17.1. The van der Waals surface area contributed by atoms with E-state index in [2.05, 4.69) is 10.3 Å². The average molecular weight is 472 g/mol. The number of hydrogen-bond acceptors (Lipinski definition) is 7. The molecular weight excluding hydrogens is 459 g/mol. The van der Waals surface area contributed by atoms with Gasteiger partial charge in [0, 0.05) is 0 Å². The van der Waals surface area contributed by atoms with E-state index in [1.54, 1.807) is 0 Å². The number of carbonyl (C=O) groups is 2. The molecule has 2 aromatic rings. The zero-order chi connectivity index (χ0) is 22.4. The molecule has 4 N–H and O–H groups in total. The van der Waals surface area contributed by atoms with Crippen LogP contribution in [0.25, 0.3) is 0 Å². The fourth-order valence-electron chi connectivity index (χ4n) is 1.91. The van der Waals surface area contributed by atoms with E-state index < -0.39 is 53.4 Å². The lowest BCUT2D eigenvalue weighted by molar-refractivity contribution is -0.137. The molecule has 2 amide bonds. The van der Waals surface area contributed by atoms with Crippen LogP contribution in [0.4, 0.5) is 18.2 Å². The van der Waals surface area contributed by atoms with Crippen LogP contribution in [-0.4, -0.2) is 35.9 Å². The van der Waals surface area contributed by atoms with Gasteiger partial charge in [-0.2, -0.15) is 13.2 Å². The van der Waals surface area contributed by atoms with E-state index in [0.29, 0.717) is 23.5 Å². The monoisotopic (exact) mass is 471 g/mol. The van der Waals surface area contributed by atoms with Crippen molar-refractivity contribution in [3.8, 4) is 0 Å². The second-order valence-corrected chi connectivity index (χ2v) is 9.71. The number of amides is 2. The van der Waals surface area contributed by atoms with Crippen molar-refractivity contribution in [2.75, 3.05) is 5.32 Å². The number of aromatic nitrogens is 1. The lowest BCUT2D eigenvalue weighted by Crippen LogP contribution is -2.36. The summed E-state index contributed by atoms with van der Waals surface area (Å²) < 4.78 is 63.2. The van der Waals surface area contributed by atoms with Gasteiger partial charge in [0.2, 0.25) is 9.84 Å². The first-order chi connectivity index (χ1) is 13.0. The first kappa shape index (κ1) is 23.1. The van der Waals surface area contributed by atoms with Gasteiger partial charge in [-0.05, 0) is 32.0 Å². The molecular formula is C15H13ClF3N3O5S2. The molecule has 0 atom stereocenters. The van der Waals surface area contributed by atoms with Gasteiger partial charge in [-0.25, -0.2) is 13.4 Å². The lowest BCUT2D eigenvalue weighted by atomic mass is 10.1. The van der Waals surface area contributed by atoms with Crippen molar-refractivity contribution in [3.63, 3.8) is 0 Å². The Morgan fingerprint density at radius 1 is 1.28 bits per heavy atom. The maximum absolute atomic E-state index is 12.8. The highest BCUT2D eigenvalue weighted by atomic mass is 35.5. The number of nitrogens with zero attached hydrogens (tertiary/aromatic N) is 1. The predicted molar refractivity (Wildman–Crippen MR) is 97.5 cm³/mol. The van der Waals surface area contributed by atoms with Crippen molar-refractivity contribution in [2.24, 2.45) is 5.73 Å². The number of anilines is 1. The molecule has 8 nitrogen and oxygen atoms in total. The minimum absolute atomic E-state index is 0.263. The van der Waals surface area contributed by atoms with Crippen LogP contribution < -0.4 is 11.1 Å². The van der Waals surface area contributed by atoms with Crippen molar-refractivity contribution in [1.29, 1.82) is 0 Å². The van der Waals surface area contributed by atoms with Gasteiger partial charge in [0.15, 0.2) is 5.03 Å². The lowest BCUT2D eigenvalue weighted by Gasteiger charge is -2.16. The van der Waals surface area contributed by atoms with Crippen molar-refractivity contribution in [2.45, 2.75) is 34.9 Å². The third-order valence-corrected chi connectivity index (χ3v) is 6.89. The van der Waals surface area contributed by atoms with Crippen molar-refractivity contribution in [1.82, 2.24) is 4.98 Å². The molecule has 0 radical (unpaired) electrons. The highest BCUT2D eigenvalue weighted by Crippen LogP contribution is 2.37. The van der Waals surface area contributed by atoms with Gasteiger partial charge in [0.05, 0.1) is 11.1 Å². The number of sulfone groups is 1. The maximum atomic E-state index is 12.8. The third-order valence-electron chi connectivity index (χ3n) is 3.43. The summed E-state index contributed by atoms with van der Waals surface area (Å²) in [4.78, 5) is 26.8. The molecule has 0 aromatic carbocycles. The molecule has 0 aliphatic carbocycles. The molecule has 2 rings (SSSR count). The van der Waals surface area contributed by atoms with Gasteiger partial charge in [-0.15, -0.1) is 11.3 Å². The SMILES string of the molecule is CC(C)(O)C(=O)Nc1sc(S(=O)(=O)c2ccc(C(F)(F)F)c(Cl)n2)cc1C(N)=O. The summed E-state index contributed by atoms with van der Waals surface area (Å²) in [7, 11) is -4.50. The second kappa shape index (κ2) is 7.55. The van der Waals surface area contributed by atoms with Gasteiger partial charge in [-0.1, -0.05) is 11.6 Å². The minimum atomic E-state index is -4.83. The number of rotatable bonds is 5. The van der Waals surface area contributed by atoms with Gasteiger partial charge >= 0.3 is 6.18 Å². The van der Waals surface area contributed by atoms with Crippen LogP contribution in [0.15, 0.2) is 27.4 Å². The third kappa shape index (κ3) is 4.86. The largest absolute Gasteiger partial charge is 0.419 e.